The summed E-state index contributed by atoms with van der Waals surface area (Å²) in [5.41, 5.74) is 0.322. The minimum Gasteiger partial charge on any atom is -0.508 e. The van der Waals surface area contributed by atoms with Crippen molar-refractivity contribution in [2.24, 2.45) is 0 Å². The number of phenolic OH excluding ortho intramolecular Hbond substituents is 1. The SMILES string of the molecule is CS(=O)(=O)c1ccc(O)c(CC=O)c1. The Hall–Kier alpha value is -1.36. The van der Waals surface area contributed by atoms with E-state index in [0.717, 1.165) is 6.26 Å². The molecule has 0 aliphatic carbocycles. The van der Waals surface area contributed by atoms with Crippen molar-refractivity contribution in [3.8, 4) is 5.75 Å². The molecule has 1 N–H and O–H groups in total. The summed E-state index contributed by atoms with van der Waals surface area (Å²) in [5, 5.41) is 9.28. The van der Waals surface area contributed by atoms with Gasteiger partial charge in [0, 0.05) is 18.2 Å². The molecule has 0 amide bonds. The molecule has 1 aromatic carbocycles. The van der Waals surface area contributed by atoms with Gasteiger partial charge in [-0.2, -0.15) is 0 Å². The van der Waals surface area contributed by atoms with Crippen LogP contribution in [0.2, 0.25) is 0 Å². The summed E-state index contributed by atoms with van der Waals surface area (Å²) in [6.07, 6.45) is 1.69. The molecule has 1 rings (SSSR count). The van der Waals surface area contributed by atoms with Gasteiger partial charge < -0.3 is 9.90 Å². The van der Waals surface area contributed by atoms with Gasteiger partial charge in [-0.15, -0.1) is 0 Å². The highest BCUT2D eigenvalue weighted by molar-refractivity contribution is 7.90. The number of hydrogen-bond donors (Lipinski definition) is 1. The summed E-state index contributed by atoms with van der Waals surface area (Å²) < 4.78 is 22.3. The Balaban J connectivity index is 3.26. The molecule has 0 fully saturated rings. The number of aromatic hydroxyl groups is 1. The number of hydrogen-bond acceptors (Lipinski definition) is 4. The molecular formula is C9H10O4S. The monoisotopic (exact) mass is 214 g/mol. The molecule has 0 saturated carbocycles. The zero-order valence-corrected chi connectivity index (χ0v) is 8.41. The number of benzene rings is 1. The molecule has 14 heavy (non-hydrogen) atoms. The van der Waals surface area contributed by atoms with E-state index in [1.807, 2.05) is 0 Å². The summed E-state index contributed by atoms with van der Waals surface area (Å²) >= 11 is 0. The quantitative estimate of drug-likeness (QED) is 0.745. The summed E-state index contributed by atoms with van der Waals surface area (Å²) in [4.78, 5) is 10.3. The highest BCUT2D eigenvalue weighted by atomic mass is 32.2. The molecule has 0 aliphatic rings. The third-order valence-electron chi connectivity index (χ3n) is 1.78. The van der Waals surface area contributed by atoms with Crippen molar-refractivity contribution in [2.45, 2.75) is 11.3 Å². The highest BCUT2D eigenvalue weighted by Crippen LogP contribution is 2.21. The van der Waals surface area contributed by atoms with E-state index in [1.54, 1.807) is 0 Å². The van der Waals surface area contributed by atoms with Crippen LogP contribution in [0.4, 0.5) is 0 Å². The van der Waals surface area contributed by atoms with E-state index >= 15 is 0 Å². The van der Waals surface area contributed by atoms with Crippen molar-refractivity contribution in [1.82, 2.24) is 0 Å². The van der Waals surface area contributed by atoms with Crippen LogP contribution in [-0.4, -0.2) is 26.1 Å². The van der Waals surface area contributed by atoms with Gasteiger partial charge in [0.2, 0.25) is 0 Å². The minimum absolute atomic E-state index is 0.00912. The number of phenols is 1. The first kappa shape index (κ1) is 10.7. The van der Waals surface area contributed by atoms with Crippen LogP contribution in [0.15, 0.2) is 23.1 Å². The van der Waals surface area contributed by atoms with Crippen molar-refractivity contribution in [3.63, 3.8) is 0 Å². The third-order valence-corrected chi connectivity index (χ3v) is 2.89. The number of aldehydes is 1. The van der Waals surface area contributed by atoms with E-state index in [1.165, 1.54) is 18.2 Å². The van der Waals surface area contributed by atoms with Crippen molar-refractivity contribution >= 4 is 16.1 Å². The average Bonchev–Trinajstić information content (AvgIpc) is 2.07. The largest absolute Gasteiger partial charge is 0.508 e. The maximum atomic E-state index is 11.1. The third kappa shape index (κ3) is 2.32. The second-order valence-electron chi connectivity index (χ2n) is 2.93. The van der Waals surface area contributed by atoms with Gasteiger partial charge in [-0.1, -0.05) is 0 Å². The lowest BCUT2D eigenvalue weighted by molar-refractivity contribution is -0.107. The second kappa shape index (κ2) is 3.79. The molecule has 1 aromatic rings. The van der Waals surface area contributed by atoms with Crippen LogP contribution in [-0.2, 0) is 21.1 Å². The molecule has 4 nitrogen and oxygen atoms in total. The van der Waals surface area contributed by atoms with Gasteiger partial charge in [0.05, 0.1) is 4.90 Å². The Labute approximate surface area is 82.1 Å². The molecule has 0 saturated heterocycles. The topological polar surface area (TPSA) is 71.4 Å². The molecule has 0 unspecified atom stereocenters. The van der Waals surface area contributed by atoms with Crippen LogP contribution < -0.4 is 0 Å². The predicted molar refractivity (Wildman–Crippen MR) is 51.0 cm³/mol. The Morgan fingerprint density at radius 2 is 2.07 bits per heavy atom. The van der Waals surface area contributed by atoms with Crippen LogP contribution in [0.1, 0.15) is 5.56 Å². The number of carbonyl (C=O) groups is 1. The van der Waals surface area contributed by atoms with Crippen molar-refractivity contribution < 1.29 is 18.3 Å². The summed E-state index contributed by atoms with van der Waals surface area (Å²) in [6, 6.07) is 3.88. The molecule has 0 radical (unpaired) electrons. The Morgan fingerprint density at radius 1 is 1.43 bits per heavy atom. The summed E-state index contributed by atoms with van der Waals surface area (Å²) in [5.74, 6) is -0.0653. The van der Waals surface area contributed by atoms with Gasteiger partial charge in [0.25, 0.3) is 0 Å². The molecule has 0 heterocycles. The number of carbonyl (C=O) groups excluding carboxylic acids is 1. The lowest BCUT2D eigenvalue weighted by Gasteiger charge is -2.03. The lowest BCUT2D eigenvalue weighted by Crippen LogP contribution is -1.98. The van der Waals surface area contributed by atoms with E-state index in [2.05, 4.69) is 0 Å². The molecule has 0 atom stereocenters. The number of rotatable bonds is 3. The van der Waals surface area contributed by atoms with Gasteiger partial charge in [-0.05, 0) is 18.2 Å². The van der Waals surface area contributed by atoms with E-state index in [4.69, 9.17) is 0 Å². The summed E-state index contributed by atoms with van der Waals surface area (Å²) in [7, 11) is -3.29. The maximum Gasteiger partial charge on any atom is 0.175 e. The molecular weight excluding hydrogens is 204 g/mol. The Kier molecular flexibility index (Phi) is 2.90. The van der Waals surface area contributed by atoms with E-state index < -0.39 is 9.84 Å². The number of sulfone groups is 1. The van der Waals surface area contributed by atoms with Crippen LogP contribution in [0.25, 0.3) is 0 Å². The van der Waals surface area contributed by atoms with Gasteiger partial charge in [-0.3, -0.25) is 0 Å². The predicted octanol–water partition coefficient (Wildman–Crippen LogP) is 0.537. The van der Waals surface area contributed by atoms with Crippen molar-refractivity contribution in [3.05, 3.63) is 23.8 Å². The molecule has 0 bridgehead atoms. The van der Waals surface area contributed by atoms with Gasteiger partial charge in [0.15, 0.2) is 9.84 Å². The standard InChI is InChI=1S/C9H10O4S/c1-14(12,13)8-2-3-9(11)7(6-8)4-5-10/h2-3,5-6,11H,4H2,1H3. The first-order chi connectivity index (χ1) is 6.45. The zero-order chi connectivity index (χ0) is 10.8. The smallest absolute Gasteiger partial charge is 0.175 e. The fraction of sp³-hybridized carbons (Fsp3) is 0.222. The Morgan fingerprint density at radius 3 is 2.57 bits per heavy atom. The first-order valence-corrected chi connectivity index (χ1v) is 5.80. The zero-order valence-electron chi connectivity index (χ0n) is 7.60. The van der Waals surface area contributed by atoms with Crippen molar-refractivity contribution in [2.75, 3.05) is 6.26 Å². The van der Waals surface area contributed by atoms with E-state index in [9.17, 15) is 18.3 Å². The normalized spacial score (nSPS) is 11.2. The van der Waals surface area contributed by atoms with Crippen LogP contribution in [0.5, 0.6) is 5.75 Å². The van der Waals surface area contributed by atoms with Crippen LogP contribution in [0, 0.1) is 0 Å². The molecule has 5 heteroatoms. The fourth-order valence-electron chi connectivity index (χ4n) is 1.05. The first-order valence-electron chi connectivity index (χ1n) is 3.90. The van der Waals surface area contributed by atoms with Gasteiger partial charge in [0.1, 0.15) is 12.0 Å². The van der Waals surface area contributed by atoms with Gasteiger partial charge >= 0.3 is 0 Å². The van der Waals surface area contributed by atoms with Gasteiger partial charge in [-0.25, -0.2) is 8.42 Å². The second-order valence-corrected chi connectivity index (χ2v) is 4.95. The van der Waals surface area contributed by atoms with E-state index in [-0.39, 0.29) is 17.1 Å². The summed E-state index contributed by atoms with van der Waals surface area (Å²) in [6.45, 7) is 0. The average molecular weight is 214 g/mol. The molecule has 76 valence electrons. The molecule has 0 aliphatic heterocycles. The molecule has 0 spiro atoms. The van der Waals surface area contributed by atoms with Crippen LogP contribution in [0.3, 0.4) is 0 Å². The van der Waals surface area contributed by atoms with E-state index in [0.29, 0.717) is 11.8 Å². The lowest BCUT2D eigenvalue weighted by atomic mass is 10.1. The molecule has 0 aromatic heterocycles. The Bertz CT molecular complexity index is 448. The maximum absolute atomic E-state index is 11.1. The van der Waals surface area contributed by atoms with Crippen molar-refractivity contribution in [1.29, 1.82) is 0 Å². The minimum atomic E-state index is -3.29. The fourth-order valence-corrected chi connectivity index (χ4v) is 1.72. The van der Waals surface area contributed by atoms with Crippen LogP contribution >= 0.6 is 0 Å². The highest BCUT2D eigenvalue weighted by Gasteiger charge is 2.09.